The highest BCUT2D eigenvalue weighted by Gasteiger charge is 2.22. The number of nitrogen functional groups attached to an aromatic ring is 1. The summed E-state index contributed by atoms with van der Waals surface area (Å²) in [5.74, 6) is -0.276. The summed E-state index contributed by atoms with van der Waals surface area (Å²) in [5, 5.41) is 0. The molecule has 1 unspecified atom stereocenters. The van der Waals surface area contributed by atoms with Gasteiger partial charge in [0.15, 0.2) is 0 Å². The van der Waals surface area contributed by atoms with E-state index < -0.39 is 0 Å². The molecule has 21 heavy (non-hydrogen) atoms. The second-order valence-electron chi connectivity index (χ2n) is 5.60. The number of nitrogens with two attached hydrogens (primary N) is 1. The lowest BCUT2D eigenvalue weighted by molar-refractivity contribution is 0.0526. The predicted octanol–water partition coefficient (Wildman–Crippen LogP) is 3.60. The van der Waals surface area contributed by atoms with Gasteiger partial charge in [0, 0.05) is 12.6 Å². The molecule has 0 saturated carbocycles. The molecule has 1 fully saturated rings. The maximum absolute atomic E-state index is 11.9. The van der Waals surface area contributed by atoms with Crippen LogP contribution in [0.3, 0.4) is 0 Å². The zero-order valence-corrected chi connectivity index (χ0v) is 13.1. The third-order valence-electron chi connectivity index (χ3n) is 4.20. The van der Waals surface area contributed by atoms with Gasteiger partial charge in [-0.05, 0) is 44.4 Å². The highest BCUT2D eigenvalue weighted by Crippen LogP contribution is 2.31. The van der Waals surface area contributed by atoms with E-state index >= 15 is 0 Å². The molecule has 1 saturated heterocycles. The van der Waals surface area contributed by atoms with Gasteiger partial charge in [0.05, 0.1) is 23.5 Å². The van der Waals surface area contributed by atoms with E-state index in [2.05, 4.69) is 11.8 Å². The van der Waals surface area contributed by atoms with Gasteiger partial charge in [-0.25, -0.2) is 4.79 Å². The van der Waals surface area contributed by atoms with E-state index in [1.54, 1.807) is 6.07 Å². The first-order chi connectivity index (χ1) is 10.2. The van der Waals surface area contributed by atoms with Crippen molar-refractivity contribution in [1.82, 2.24) is 0 Å². The molecular weight excluding hydrogens is 264 g/mol. The summed E-state index contributed by atoms with van der Waals surface area (Å²) in [6, 6.07) is 5.96. The third-order valence-corrected chi connectivity index (χ3v) is 4.20. The molecule has 0 aromatic heterocycles. The zero-order valence-electron chi connectivity index (χ0n) is 13.1. The number of carbonyl (C=O) groups excluding carboxylic acids is 1. The van der Waals surface area contributed by atoms with Crippen molar-refractivity contribution in [3.63, 3.8) is 0 Å². The topological polar surface area (TPSA) is 55.6 Å². The first-order valence-corrected chi connectivity index (χ1v) is 8.00. The maximum atomic E-state index is 11.9. The van der Waals surface area contributed by atoms with Crippen LogP contribution in [-0.4, -0.2) is 25.2 Å². The van der Waals surface area contributed by atoms with Gasteiger partial charge < -0.3 is 15.4 Å². The molecule has 0 bridgehead atoms. The monoisotopic (exact) mass is 290 g/mol. The van der Waals surface area contributed by atoms with E-state index in [1.807, 2.05) is 19.1 Å². The first kappa shape index (κ1) is 15.7. The molecule has 1 aromatic carbocycles. The Bertz CT molecular complexity index is 488. The van der Waals surface area contributed by atoms with Crippen molar-refractivity contribution in [3.8, 4) is 0 Å². The quantitative estimate of drug-likeness (QED) is 0.680. The van der Waals surface area contributed by atoms with E-state index in [4.69, 9.17) is 10.5 Å². The summed E-state index contributed by atoms with van der Waals surface area (Å²) >= 11 is 0. The van der Waals surface area contributed by atoms with Crippen LogP contribution in [0.5, 0.6) is 0 Å². The molecule has 1 aromatic rings. The Hall–Kier alpha value is -1.71. The molecule has 4 nitrogen and oxygen atoms in total. The van der Waals surface area contributed by atoms with Crippen LogP contribution in [0.4, 0.5) is 11.4 Å². The fourth-order valence-electron chi connectivity index (χ4n) is 3.05. The van der Waals surface area contributed by atoms with E-state index in [1.165, 1.54) is 25.7 Å². The van der Waals surface area contributed by atoms with Crippen molar-refractivity contribution in [2.24, 2.45) is 0 Å². The SMILES string of the molecule is CCOC(=O)c1ccc(N)c(N2CCCCCC2CC)c1. The van der Waals surface area contributed by atoms with Gasteiger partial charge in [-0.2, -0.15) is 0 Å². The number of esters is 1. The molecular formula is C17H26N2O2. The Morgan fingerprint density at radius 3 is 2.86 bits per heavy atom. The molecule has 116 valence electrons. The second kappa shape index (κ2) is 7.34. The Balaban J connectivity index is 2.31. The Morgan fingerprint density at radius 2 is 2.14 bits per heavy atom. The average Bonchev–Trinajstić information content (AvgIpc) is 2.73. The number of carbonyl (C=O) groups is 1. The van der Waals surface area contributed by atoms with Gasteiger partial charge in [0.1, 0.15) is 0 Å². The number of benzene rings is 1. The van der Waals surface area contributed by atoms with Crippen LogP contribution in [0.1, 0.15) is 56.3 Å². The largest absolute Gasteiger partial charge is 0.462 e. The molecule has 1 aliphatic rings. The summed E-state index contributed by atoms with van der Waals surface area (Å²) in [6.07, 6.45) is 6.01. The summed E-state index contributed by atoms with van der Waals surface area (Å²) in [6.45, 7) is 5.43. The van der Waals surface area contributed by atoms with Crippen LogP contribution in [0.2, 0.25) is 0 Å². The lowest BCUT2D eigenvalue weighted by atomic mass is 10.1. The predicted molar refractivity (Wildman–Crippen MR) is 86.7 cm³/mol. The number of hydrogen-bond acceptors (Lipinski definition) is 4. The Labute approximate surface area is 127 Å². The van der Waals surface area contributed by atoms with E-state index in [0.29, 0.717) is 18.2 Å². The third kappa shape index (κ3) is 3.69. The normalized spacial score (nSPS) is 19.1. The highest BCUT2D eigenvalue weighted by molar-refractivity contribution is 5.92. The fourth-order valence-corrected chi connectivity index (χ4v) is 3.05. The van der Waals surface area contributed by atoms with E-state index in [0.717, 1.165) is 24.3 Å². The van der Waals surface area contributed by atoms with E-state index in [-0.39, 0.29) is 5.97 Å². The van der Waals surface area contributed by atoms with Crippen molar-refractivity contribution in [3.05, 3.63) is 23.8 Å². The lowest BCUT2D eigenvalue weighted by Crippen LogP contribution is -2.35. The van der Waals surface area contributed by atoms with Gasteiger partial charge in [-0.1, -0.05) is 19.8 Å². The molecule has 1 heterocycles. The minimum atomic E-state index is -0.276. The zero-order chi connectivity index (χ0) is 15.2. The van der Waals surface area contributed by atoms with Crippen molar-refractivity contribution < 1.29 is 9.53 Å². The van der Waals surface area contributed by atoms with Crippen molar-refractivity contribution in [2.45, 2.75) is 52.0 Å². The second-order valence-corrected chi connectivity index (χ2v) is 5.60. The number of anilines is 2. The van der Waals surface area contributed by atoms with Crippen LogP contribution in [-0.2, 0) is 4.74 Å². The number of nitrogens with zero attached hydrogens (tertiary/aromatic N) is 1. The molecule has 1 atom stereocenters. The van der Waals surface area contributed by atoms with E-state index in [9.17, 15) is 4.79 Å². The van der Waals surface area contributed by atoms with Crippen molar-refractivity contribution in [1.29, 1.82) is 0 Å². The molecule has 0 aliphatic carbocycles. The summed E-state index contributed by atoms with van der Waals surface area (Å²) in [5.41, 5.74) is 8.47. The van der Waals surface area contributed by atoms with Gasteiger partial charge in [0.25, 0.3) is 0 Å². The van der Waals surface area contributed by atoms with Crippen LogP contribution in [0, 0.1) is 0 Å². The standard InChI is InChI=1S/C17H26N2O2/c1-3-14-8-6-5-7-11-19(14)16-12-13(9-10-15(16)18)17(20)21-4-2/h9-10,12,14H,3-8,11,18H2,1-2H3. The minimum absolute atomic E-state index is 0.276. The average molecular weight is 290 g/mol. The van der Waals surface area contributed by atoms with Crippen LogP contribution in [0.25, 0.3) is 0 Å². The molecule has 1 aliphatic heterocycles. The minimum Gasteiger partial charge on any atom is -0.462 e. The number of ether oxygens (including phenoxy) is 1. The molecule has 2 N–H and O–H groups in total. The van der Waals surface area contributed by atoms with Crippen molar-refractivity contribution >= 4 is 17.3 Å². The Morgan fingerprint density at radius 1 is 1.33 bits per heavy atom. The maximum Gasteiger partial charge on any atom is 0.338 e. The molecule has 0 amide bonds. The molecule has 2 rings (SSSR count). The molecule has 4 heteroatoms. The number of hydrogen-bond donors (Lipinski definition) is 1. The summed E-state index contributed by atoms with van der Waals surface area (Å²) in [7, 11) is 0. The number of rotatable bonds is 4. The summed E-state index contributed by atoms with van der Waals surface area (Å²) < 4.78 is 5.09. The van der Waals surface area contributed by atoms with Crippen LogP contribution < -0.4 is 10.6 Å². The highest BCUT2D eigenvalue weighted by atomic mass is 16.5. The van der Waals surface area contributed by atoms with Crippen molar-refractivity contribution in [2.75, 3.05) is 23.8 Å². The smallest absolute Gasteiger partial charge is 0.338 e. The van der Waals surface area contributed by atoms with Gasteiger partial charge in [0.2, 0.25) is 0 Å². The van der Waals surface area contributed by atoms with Crippen LogP contribution >= 0.6 is 0 Å². The lowest BCUT2D eigenvalue weighted by Gasteiger charge is -2.32. The first-order valence-electron chi connectivity index (χ1n) is 8.00. The van der Waals surface area contributed by atoms with Gasteiger partial charge in [-0.15, -0.1) is 0 Å². The molecule has 0 spiro atoms. The summed E-state index contributed by atoms with van der Waals surface area (Å²) in [4.78, 5) is 14.3. The fraction of sp³-hybridized carbons (Fsp3) is 0.588. The van der Waals surface area contributed by atoms with Gasteiger partial charge >= 0.3 is 5.97 Å². The Kier molecular flexibility index (Phi) is 5.48. The van der Waals surface area contributed by atoms with Gasteiger partial charge in [-0.3, -0.25) is 0 Å². The molecule has 0 radical (unpaired) electrons. The van der Waals surface area contributed by atoms with Crippen LogP contribution in [0.15, 0.2) is 18.2 Å².